The van der Waals surface area contributed by atoms with Gasteiger partial charge in [-0.25, -0.2) is 4.79 Å². The van der Waals surface area contributed by atoms with Crippen LogP contribution in [-0.2, 0) is 10.9 Å². The van der Waals surface area contributed by atoms with Crippen molar-refractivity contribution >= 4 is 17.6 Å². The minimum absolute atomic E-state index is 0.195. The number of pyridine rings is 1. The molecule has 0 saturated heterocycles. The normalized spacial score (nSPS) is 12.7. The van der Waals surface area contributed by atoms with Gasteiger partial charge in [-0.1, -0.05) is 30.7 Å². The lowest BCUT2D eigenvalue weighted by Crippen LogP contribution is -2.14. The molecule has 1 aromatic heterocycles. The van der Waals surface area contributed by atoms with Crippen molar-refractivity contribution in [1.82, 2.24) is 4.98 Å². The van der Waals surface area contributed by atoms with Gasteiger partial charge in [0.25, 0.3) is 0 Å². The molecule has 2 rings (SSSR count). The predicted molar refractivity (Wildman–Crippen MR) is 79.1 cm³/mol. The molecule has 23 heavy (non-hydrogen) atoms. The first-order valence-corrected chi connectivity index (χ1v) is 7.18. The number of aromatic nitrogens is 1. The van der Waals surface area contributed by atoms with E-state index in [4.69, 9.17) is 16.3 Å². The maximum absolute atomic E-state index is 12.6. The molecule has 1 unspecified atom stereocenters. The molecule has 0 bridgehead atoms. The topological polar surface area (TPSA) is 39.2 Å². The Morgan fingerprint density at radius 2 is 1.91 bits per heavy atom. The second kappa shape index (κ2) is 7.00. The van der Waals surface area contributed by atoms with Gasteiger partial charge in [-0.2, -0.15) is 13.2 Å². The van der Waals surface area contributed by atoms with Crippen LogP contribution in [0, 0.1) is 0 Å². The van der Waals surface area contributed by atoms with Crippen LogP contribution in [0.5, 0.6) is 0 Å². The second-order valence-electron chi connectivity index (χ2n) is 4.78. The molecule has 0 N–H and O–H groups in total. The number of ether oxygens (including phenoxy) is 1. The van der Waals surface area contributed by atoms with E-state index in [2.05, 4.69) is 4.98 Å². The van der Waals surface area contributed by atoms with Crippen LogP contribution in [0.4, 0.5) is 13.2 Å². The number of rotatable bonds is 4. The molecule has 0 aliphatic heterocycles. The predicted octanol–water partition coefficient (Wildman–Crippen LogP) is 5.06. The van der Waals surface area contributed by atoms with Gasteiger partial charge in [0.1, 0.15) is 11.8 Å². The molecule has 0 amide bonds. The number of carbonyl (C=O) groups is 1. The van der Waals surface area contributed by atoms with Gasteiger partial charge < -0.3 is 4.74 Å². The van der Waals surface area contributed by atoms with E-state index in [-0.39, 0.29) is 5.56 Å². The van der Waals surface area contributed by atoms with E-state index in [0.29, 0.717) is 17.5 Å². The highest BCUT2D eigenvalue weighted by molar-refractivity contribution is 6.30. The summed E-state index contributed by atoms with van der Waals surface area (Å²) >= 11 is 5.80. The van der Waals surface area contributed by atoms with Gasteiger partial charge in [0.05, 0.1) is 5.56 Å². The van der Waals surface area contributed by atoms with Crippen molar-refractivity contribution in [3.8, 4) is 0 Å². The second-order valence-corrected chi connectivity index (χ2v) is 5.22. The fraction of sp³-hybridized carbons (Fsp3) is 0.250. The molecular weight excluding hydrogens is 331 g/mol. The van der Waals surface area contributed by atoms with Gasteiger partial charge in [0.15, 0.2) is 0 Å². The Labute approximate surface area is 136 Å². The number of hydrogen-bond donors (Lipinski definition) is 0. The lowest BCUT2D eigenvalue weighted by atomic mass is 10.1. The zero-order valence-electron chi connectivity index (χ0n) is 12.1. The molecule has 0 aliphatic rings. The monoisotopic (exact) mass is 343 g/mol. The highest BCUT2D eigenvalue weighted by Crippen LogP contribution is 2.29. The average Bonchev–Trinajstić information content (AvgIpc) is 2.52. The highest BCUT2D eigenvalue weighted by atomic mass is 35.5. The number of alkyl halides is 3. The summed E-state index contributed by atoms with van der Waals surface area (Å²) in [5, 5.41) is 0.541. The first-order valence-electron chi connectivity index (χ1n) is 6.81. The first-order chi connectivity index (χ1) is 10.8. The fourth-order valence-corrected chi connectivity index (χ4v) is 2.10. The number of halogens is 4. The maximum atomic E-state index is 12.6. The largest absolute Gasteiger partial charge is 0.454 e. The van der Waals surface area contributed by atoms with Gasteiger partial charge >= 0.3 is 12.1 Å². The molecular formula is C16H13ClF3NO2. The molecule has 122 valence electrons. The van der Waals surface area contributed by atoms with Crippen LogP contribution in [0.2, 0.25) is 5.02 Å². The van der Waals surface area contributed by atoms with E-state index >= 15 is 0 Å². The molecule has 0 spiro atoms. The fourth-order valence-electron chi connectivity index (χ4n) is 1.97. The Morgan fingerprint density at radius 1 is 1.26 bits per heavy atom. The van der Waals surface area contributed by atoms with Crippen LogP contribution < -0.4 is 0 Å². The lowest BCUT2D eigenvalue weighted by molar-refractivity contribution is -0.141. The molecule has 0 fully saturated rings. The van der Waals surface area contributed by atoms with Crippen LogP contribution in [0.1, 0.15) is 41.1 Å². The third kappa shape index (κ3) is 4.45. The summed E-state index contributed by atoms with van der Waals surface area (Å²) in [5.41, 5.74) is -0.610. The van der Waals surface area contributed by atoms with Gasteiger partial charge in [-0.3, -0.25) is 4.98 Å². The molecule has 1 aromatic carbocycles. The molecule has 0 radical (unpaired) electrons. The van der Waals surface area contributed by atoms with Crippen molar-refractivity contribution in [3.63, 3.8) is 0 Å². The Hall–Kier alpha value is -2.08. The van der Waals surface area contributed by atoms with E-state index < -0.39 is 23.9 Å². The minimum atomic E-state index is -4.61. The summed E-state index contributed by atoms with van der Waals surface area (Å²) in [4.78, 5) is 15.3. The van der Waals surface area contributed by atoms with E-state index in [1.807, 2.05) is 0 Å². The third-order valence-electron chi connectivity index (χ3n) is 3.15. The van der Waals surface area contributed by atoms with Crippen molar-refractivity contribution in [2.24, 2.45) is 0 Å². The molecule has 1 heterocycles. The van der Waals surface area contributed by atoms with Crippen LogP contribution in [0.3, 0.4) is 0 Å². The SMILES string of the molecule is CCC(OC(=O)c1ccnc(C(F)(F)F)c1)c1ccc(Cl)cc1. The third-order valence-corrected chi connectivity index (χ3v) is 3.40. The van der Waals surface area contributed by atoms with Gasteiger partial charge in [-0.05, 0) is 36.2 Å². The van der Waals surface area contributed by atoms with Crippen molar-refractivity contribution in [1.29, 1.82) is 0 Å². The number of carbonyl (C=O) groups excluding carboxylic acids is 1. The first kappa shape index (κ1) is 17.3. The van der Waals surface area contributed by atoms with Crippen molar-refractivity contribution in [3.05, 3.63) is 64.4 Å². The Bertz CT molecular complexity index is 686. The summed E-state index contributed by atoms with van der Waals surface area (Å²) in [6.45, 7) is 1.81. The summed E-state index contributed by atoms with van der Waals surface area (Å²) in [5.74, 6) is -0.834. The molecule has 0 aliphatic carbocycles. The van der Waals surface area contributed by atoms with E-state index in [1.165, 1.54) is 6.07 Å². The number of hydrogen-bond acceptors (Lipinski definition) is 3. The number of nitrogens with zero attached hydrogens (tertiary/aromatic N) is 1. The number of esters is 1. The standard InChI is InChI=1S/C16H13ClF3NO2/c1-2-13(10-3-5-12(17)6-4-10)23-15(22)11-7-8-21-14(9-11)16(18,19)20/h3-9,13H,2H2,1H3. The highest BCUT2D eigenvalue weighted by Gasteiger charge is 2.33. The van der Waals surface area contributed by atoms with Crippen molar-refractivity contribution in [2.45, 2.75) is 25.6 Å². The lowest BCUT2D eigenvalue weighted by Gasteiger charge is -2.17. The van der Waals surface area contributed by atoms with E-state index in [1.54, 1.807) is 31.2 Å². The minimum Gasteiger partial charge on any atom is -0.454 e. The molecule has 7 heteroatoms. The zero-order valence-corrected chi connectivity index (χ0v) is 12.9. The van der Waals surface area contributed by atoms with Gasteiger partial charge in [-0.15, -0.1) is 0 Å². The van der Waals surface area contributed by atoms with E-state index in [0.717, 1.165) is 11.8 Å². The Morgan fingerprint density at radius 3 is 2.48 bits per heavy atom. The Kier molecular flexibility index (Phi) is 5.26. The van der Waals surface area contributed by atoms with Crippen LogP contribution in [-0.4, -0.2) is 11.0 Å². The Balaban J connectivity index is 2.18. The molecule has 1 atom stereocenters. The van der Waals surface area contributed by atoms with Crippen molar-refractivity contribution < 1.29 is 22.7 Å². The average molecular weight is 344 g/mol. The van der Waals surface area contributed by atoms with Crippen LogP contribution >= 0.6 is 11.6 Å². The van der Waals surface area contributed by atoms with E-state index in [9.17, 15) is 18.0 Å². The summed E-state index contributed by atoms with van der Waals surface area (Å²) in [7, 11) is 0. The van der Waals surface area contributed by atoms with Crippen LogP contribution in [0.15, 0.2) is 42.6 Å². The zero-order chi connectivity index (χ0) is 17.0. The van der Waals surface area contributed by atoms with Gasteiger partial charge in [0, 0.05) is 11.2 Å². The summed E-state index contributed by atoms with van der Waals surface area (Å²) in [6.07, 6.45) is -3.77. The number of benzene rings is 1. The summed E-state index contributed by atoms with van der Waals surface area (Å²) < 4.78 is 43.2. The quantitative estimate of drug-likeness (QED) is 0.728. The van der Waals surface area contributed by atoms with Crippen LogP contribution in [0.25, 0.3) is 0 Å². The molecule has 2 aromatic rings. The molecule has 0 saturated carbocycles. The smallest absolute Gasteiger partial charge is 0.433 e. The van der Waals surface area contributed by atoms with Crippen molar-refractivity contribution in [2.75, 3.05) is 0 Å². The molecule has 3 nitrogen and oxygen atoms in total. The maximum Gasteiger partial charge on any atom is 0.433 e. The summed E-state index contributed by atoms with van der Waals surface area (Å²) in [6, 6.07) is 8.58. The van der Waals surface area contributed by atoms with Gasteiger partial charge in [0.2, 0.25) is 0 Å².